The molecule has 1 aromatic rings. The molecule has 1 aromatic carbocycles. The maximum absolute atomic E-state index is 10.5. The predicted octanol–water partition coefficient (Wildman–Crippen LogP) is 0.386. The Bertz CT molecular complexity index is 448. The van der Waals surface area contributed by atoms with E-state index in [4.69, 9.17) is 25.5 Å². The minimum absolute atomic E-state index is 0.190. The summed E-state index contributed by atoms with van der Waals surface area (Å²) >= 11 is 0. The molecule has 0 spiro atoms. The second-order valence-electron chi connectivity index (χ2n) is 4.50. The van der Waals surface area contributed by atoms with E-state index in [1.807, 2.05) is 0 Å². The molecule has 3 atom stereocenters. The van der Waals surface area contributed by atoms with E-state index >= 15 is 0 Å². The van der Waals surface area contributed by atoms with E-state index in [0.29, 0.717) is 0 Å². The normalized spacial score (nSPS) is 14.5. The van der Waals surface area contributed by atoms with E-state index in [0.717, 1.165) is 0 Å². The van der Waals surface area contributed by atoms with Crippen molar-refractivity contribution in [2.75, 3.05) is 0 Å². The van der Waals surface area contributed by atoms with Crippen LogP contribution in [-0.4, -0.2) is 61.1 Å². The number of hydrogen-bond acceptors (Lipinski definition) is 6. The molecule has 0 amide bonds. The van der Waals surface area contributed by atoms with Crippen LogP contribution in [0.3, 0.4) is 0 Å². The smallest absolute Gasteiger partial charge is 0.336 e. The first-order chi connectivity index (χ1) is 10.1. The van der Waals surface area contributed by atoms with Gasteiger partial charge in [0.15, 0.2) is 0 Å². The molecule has 22 heavy (non-hydrogen) atoms. The molecular weight excluding hydrogens is 294 g/mol. The molecule has 0 radical (unpaired) electrons. The molecular formula is C14H21NO7. The van der Waals surface area contributed by atoms with Crippen LogP contribution in [0.15, 0.2) is 24.3 Å². The van der Waals surface area contributed by atoms with Crippen LogP contribution in [0.25, 0.3) is 0 Å². The first kappa shape index (κ1) is 20.0. The average molecular weight is 315 g/mol. The lowest BCUT2D eigenvalue weighted by atomic mass is 10.1. The standard InChI is InChI=1S/C8H6O4.C6H15NO3/c9-7(10)5-3-1-2-4-6(5)8(11)12;1-4(8)7(5(2)9)6(3)10/h1-4H,(H,9,10)(H,11,12);4-6,8-10H,1-3H3. The van der Waals surface area contributed by atoms with E-state index in [2.05, 4.69) is 0 Å². The molecule has 124 valence electrons. The van der Waals surface area contributed by atoms with Crippen molar-refractivity contribution in [1.82, 2.24) is 4.90 Å². The SMILES string of the molecule is CC(O)N(C(C)O)C(C)O.O=C(O)c1ccccc1C(=O)O. The Labute approximate surface area is 127 Å². The highest BCUT2D eigenvalue weighted by Crippen LogP contribution is 2.08. The summed E-state index contributed by atoms with van der Waals surface area (Å²) < 4.78 is 0. The molecule has 5 N–H and O–H groups in total. The van der Waals surface area contributed by atoms with Crippen LogP contribution in [0.2, 0.25) is 0 Å². The summed E-state index contributed by atoms with van der Waals surface area (Å²) in [6, 6.07) is 5.48. The zero-order valence-electron chi connectivity index (χ0n) is 12.5. The number of nitrogens with zero attached hydrogens (tertiary/aromatic N) is 1. The number of rotatable bonds is 5. The van der Waals surface area contributed by atoms with Crippen molar-refractivity contribution in [2.45, 2.75) is 39.5 Å². The van der Waals surface area contributed by atoms with Gasteiger partial charge in [-0.25, -0.2) is 14.5 Å². The van der Waals surface area contributed by atoms with Crippen LogP contribution in [0, 0.1) is 0 Å². The number of carboxylic acids is 2. The molecule has 1 rings (SSSR count). The van der Waals surface area contributed by atoms with Crippen LogP contribution < -0.4 is 0 Å². The Morgan fingerprint density at radius 2 is 1.09 bits per heavy atom. The van der Waals surface area contributed by atoms with E-state index in [1.165, 1.54) is 49.9 Å². The Hall–Kier alpha value is -2.00. The van der Waals surface area contributed by atoms with Crippen LogP contribution in [-0.2, 0) is 0 Å². The predicted molar refractivity (Wildman–Crippen MR) is 77.2 cm³/mol. The monoisotopic (exact) mass is 315 g/mol. The minimum atomic E-state index is -1.23. The van der Waals surface area contributed by atoms with Gasteiger partial charge in [-0.05, 0) is 32.9 Å². The molecule has 0 bridgehead atoms. The number of hydrogen-bond donors (Lipinski definition) is 5. The Kier molecular flexibility index (Phi) is 8.28. The lowest BCUT2D eigenvalue weighted by molar-refractivity contribution is -0.159. The molecule has 0 aromatic heterocycles. The summed E-state index contributed by atoms with van der Waals surface area (Å²) in [5.74, 6) is -2.46. The van der Waals surface area contributed by atoms with E-state index in [-0.39, 0.29) is 11.1 Å². The van der Waals surface area contributed by atoms with Gasteiger partial charge in [0.1, 0.15) is 18.7 Å². The van der Waals surface area contributed by atoms with Crippen molar-refractivity contribution >= 4 is 11.9 Å². The highest BCUT2D eigenvalue weighted by Gasteiger charge is 2.20. The van der Waals surface area contributed by atoms with Crippen LogP contribution in [0.5, 0.6) is 0 Å². The van der Waals surface area contributed by atoms with Gasteiger partial charge in [0.05, 0.1) is 11.1 Å². The maximum Gasteiger partial charge on any atom is 0.336 e. The average Bonchev–Trinajstić information content (AvgIpc) is 2.37. The van der Waals surface area contributed by atoms with Gasteiger partial charge in [-0.1, -0.05) is 12.1 Å². The van der Waals surface area contributed by atoms with Crippen molar-refractivity contribution in [3.05, 3.63) is 35.4 Å². The lowest BCUT2D eigenvalue weighted by Crippen LogP contribution is -2.45. The molecule has 0 saturated heterocycles. The maximum atomic E-state index is 10.5. The molecule has 0 heterocycles. The van der Waals surface area contributed by atoms with E-state index in [9.17, 15) is 9.59 Å². The number of aliphatic hydroxyl groups is 3. The largest absolute Gasteiger partial charge is 0.478 e. The molecule has 3 unspecified atom stereocenters. The number of aromatic carboxylic acids is 2. The molecule has 8 nitrogen and oxygen atoms in total. The third-order valence-corrected chi connectivity index (χ3v) is 2.68. The summed E-state index contributed by atoms with van der Waals surface area (Å²) in [4.78, 5) is 22.1. The number of carbonyl (C=O) groups is 2. The quantitative estimate of drug-likeness (QED) is 0.492. The number of carboxylic acid groups (broad SMARTS) is 2. The molecule has 0 aliphatic carbocycles. The Morgan fingerprint density at radius 1 is 0.818 bits per heavy atom. The van der Waals surface area contributed by atoms with Gasteiger partial charge in [-0.3, -0.25) is 0 Å². The van der Waals surface area contributed by atoms with Crippen molar-refractivity contribution in [1.29, 1.82) is 0 Å². The Morgan fingerprint density at radius 3 is 1.23 bits per heavy atom. The summed E-state index contributed by atoms with van der Waals surface area (Å²) in [7, 11) is 0. The van der Waals surface area contributed by atoms with Gasteiger partial charge >= 0.3 is 11.9 Å². The van der Waals surface area contributed by atoms with Gasteiger partial charge < -0.3 is 25.5 Å². The fourth-order valence-corrected chi connectivity index (χ4v) is 1.79. The van der Waals surface area contributed by atoms with E-state index in [1.54, 1.807) is 0 Å². The zero-order chi connectivity index (χ0) is 17.4. The third kappa shape index (κ3) is 6.19. The second-order valence-corrected chi connectivity index (χ2v) is 4.50. The third-order valence-electron chi connectivity index (χ3n) is 2.68. The Balaban J connectivity index is 0.000000409. The van der Waals surface area contributed by atoms with Crippen molar-refractivity contribution in [3.63, 3.8) is 0 Å². The summed E-state index contributed by atoms with van der Waals surface area (Å²) in [6.45, 7) is 4.46. The molecule has 0 aliphatic heterocycles. The van der Waals surface area contributed by atoms with Gasteiger partial charge in [0.25, 0.3) is 0 Å². The van der Waals surface area contributed by atoms with Gasteiger partial charge in [0, 0.05) is 0 Å². The number of aliphatic hydroxyl groups excluding tert-OH is 3. The number of benzene rings is 1. The topological polar surface area (TPSA) is 139 Å². The second kappa shape index (κ2) is 9.11. The molecule has 8 heteroatoms. The van der Waals surface area contributed by atoms with Crippen LogP contribution in [0.4, 0.5) is 0 Å². The fraction of sp³-hybridized carbons (Fsp3) is 0.429. The van der Waals surface area contributed by atoms with E-state index < -0.39 is 30.6 Å². The molecule has 0 saturated carbocycles. The summed E-state index contributed by atoms with van der Waals surface area (Å²) in [6.07, 6.45) is -2.50. The first-order valence-electron chi connectivity index (χ1n) is 6.46. The van der Waals surface area contributed by atoms with Crippen molar-refractivity contribution in [2.24, 2.45) is 0 Å². The fourth-order valence-electron chi connectivity index (χ4n) is 1.79. The minimum Gasteiger partial charge on any atom is -0.478 e. The van der Waals surface area contributed by atoms with Crippen molar-refractivity contribution in [3.8, 4) is 0 Å². The summed E-state index contributed by atoms with van der Waals surface area (Å²) in [5, 5.41) is 44.0. The zero-order valence-corrected chi connectivity index (χ0v) is 12.5. The van der Waals surface area contributed by atoms with Gasteiger partial charge in [0.2, 0.25) is 0 Å². The first-order valence-corrected chi connectivity index (χ1v) is 6.46. The van der Waals surface area contributed by atoms with Gasteiger partial charge in [-0.2, -0.15) is 0 Å². The summed E-state index contributed by atoms with van der Waals surface area (Å²) in [5.41, 5.74) is -0.380. The van der Waals surface area contributed by atoms with Crippen molar-refractivity contribution < 1.29 is 35.1 Å². The van der Waals surface area contributed by atoms with Gasteiger partial charge in [-0.15, -0.1) is 0 Å². The van der Waals surface area contributed by atoms with Crippen LogP contribution >= 0.6 is 0 Å². The molecule has 0 fully saturated rings. The highest BCUT2D eigenvalue weighted by atomic mass is 16.4. The van der Waals surface area contributed by atoms with Crippen LogP contribution in [0.1, 0.15) is 41.5 Å². The highest BCUT2D eigenvalue weighted by molar-refractivity contribution is 6.01. The lowest BCUT2D eigenvalue weighted by Gasteiger charge is -2.30. The molecule has 0 aliphatic rings.